The predicted molar refractivity (Wildman–Crippen MR) is 159 cm³/mol. The van der Waals surface area contributed by atoms with Crippen LogP contribution in [-0.4, -0.2) is 47.8 Å². The Morgan fingerprint density at radius 3 is 2.22 bits per heavy atom. The zero-order valence-corrected chi connectivity index (χ0v) is 23.9. The molecule has 1 aliphatic carbocycles. The Hall–Kier alpha value is -2.12. The van der Waals surface area contributed by atoms with Crippen LogP contribution in [0.4, 0.5) is 17.6 Å². The van der Waals surface area contributed by atoms with Gasteiger partial charge in [-0.1, -0.05) is 50.4 Å². The molecule has 0 spiro atoms. The van der Waals surface area contributed by atoms with Gasteiger partial charge >= 0.3 is 0 Å². The van der Waals surface area contributed by atoms with Crippen molar-refractivity contribution in [2.75, 3.05) is 47.8 Å². The number of hydrogen-bond acceptors (Lipinski definition) is 5. The topological polar surface area (TPSA) is 56.3 Å². The minimum atomic E-state index is 0.0814. The maximum Gasteiger partial charge on any atom is 0.232 e. The lowest BCUT2D eigenvalue weighted by Gasteiger charge is -2.36. The van der Waals surface area contributed by atoms with Crippen LogP contribution < -0.4 is 20.4 Å². The molecule has 3 heterocycles. The summed E-state index contributed by atoms with van der Waals surface area (Å²) in [5, 5.41) is 8.23. The summed E-state index contributed by atoms with van der Waals surface area (Å²) in [6, 6.07) is 10.5. The lowest BCUT2D eigenvalue weighted by molar-refractivity contribution is 0.355. The van der Waals surface area contributed by atoms with Crippen LogP contribution >= 0.6 is 23.8 Å². The fourth-order valence-electron chi connectivity index (χ4n) is 6.59. The highest BCUT2D eigenvalue weighted by Gasteiger charge is 2.35. The van der Waals surface area contributed by atoms with E-state index in [0.717, 1.165) is 62.2 Å². The van der Waals surface area contributed by atoms with Crippen LogP contribution in [0.25, 0.3) is 0 Å². The quantitative estimate of drug-likeness (QED) is 0.411. The van der Waals surface area contributed by atoms with Crippen LogP contribution in [0.3, 0.4) is 0 Å². The summed E-state index contributed by atoms with van der Waals surface area (Å²) in [7, 11) is 0. The number of nitrogens with one attached hydrogen (secondary N) is 2. The highest BCUT2D eigenvalue weighted by Crippen LogP contribution is 2.41. The van der Waals surface area contributed by atoms with Crippen LogP contribution in [-0.2, 0) is 5.41 Å². The second kappa shape index (κ2) is 11.7. The number of halogens is 1. The number of rotatable bonds is 6. The Kier molecular flexibility index (Phi) is 8.40. The van der Waals surface area contributed by atoms with Crippen LogP contribution in [0.2, 0.25) is 5.02 Å². The molecule has 2 atom stereocenters. The largest absolute Gasteiger partial charge is 0.361 e. The lowest BCUT2D eigenvalue weighted by atomic mass is 9.79. The molecule has 8 heteroatoms. The molecule has 0 bridgehead atoms. The van der Waals surface area contributed by atoms with Crippen LogP contribution in [0.15, 0.2) is 30.3 Å². The Morgan fingerprint density at radius 1 is 0.946 bits per heavy atom. The van der Waals surface area contributed by atoms with Gasteiger partial charge in [0.2, 0.25) is 5.95 Å². The van der Waals surface area contributed by atoms with Gasteiger partial charge in [-0.3, -0.25) is 0 Å². The Labute approximate surface area is 232 Å². The first-order valence-corrected chi connectivity index (χ1v) is 14.9. The monoisotopic (exact) mass is 540 g/mol. The number of nitrogens with zero attached hydrogens (tertiary/aromatic N) is 4. The van der Waals surface area contributed by atoms with E-state index in [0.29, 0.717) is 22.9 Å². The molecule has 1 aromatic heterocycles. The van der Waals surface area contributed by atoms with Crippen molar-refractivity contribution in [1.82, 2.24) is 15.3 Å². The molecule has 6 nitrogen and oxygen atoms in total. The van der Waals surface area contributed by atoms with Gasteiger partial charge in [0.05, 0.1) is 0 Å². The molecule has 1 aromatic carbocycles. The van der Waals surface area contributed by atoms with E-state index in [-0.39, 0.29) is 5.41 Å². The first kappa shape index (κ1) is 26.5. The summed E-state index contributed by atoms with van der Waals surface area (Å²) < 4.78 is 0. The molecule has 2 aliphatic heterocycles. The summed E-state index contributed by atoms with van der Waals surface area (Å²) in [4.78, 5) is 14.7. The molecule has 3 aliphatic rings. The summed E-state index contributed by atoms with van der Waals surface area (Å²) in [6.07, 6.45) is 9.78. The predicted octanol–water partition coefficient (Wildman–Crippen LogP) is 6.40. The van der Waals surface area contributed by atoms with Gasteiger partial charge in [0.15, 0.2) is 5.11 Å². The first-order chi connectivity index (χ1) is 17.9. The van der Waals surface area contributed by atoms with Crippen molar-refractivity contribution in [3.05, 3.63) is 40.9 Å². The van der Waals surface area contributed by atoms with Gasteiger partial charge < -0.3 is 20.4 Å². The van der Waals surface area contributed by atoms with Gasteiger partial charge in [-0.2, -0.15) is 9.97 Å². The van der Waals surface area contributed by atoms with Crippen LogP contribution in [0.1, 0.15) is 70.8 Å². The Bertz CT molecular complexity index is 1050. The number of anilines is 3. The maximum absolute atomic E-state index is 6.17. The van der Waals surface area contributed by atoms with Crippen molar-refractivity contribution in [1.29, 1.82) is 0 Å². The SMILES string of the molecule is C[C@H]1C[C@H](C)CN(c2cc(N3CCCCC3)nc(NC(=S)NCC3(c4ccc(Cl)cc4)CCCC3)n2)C1. The Morgan fingerprint density at radius 2 is 1.57 bits per heavy atom. The molecule has 5 rings (SSSR count). The molecule has 37 heavy (non-hydrogen) atoms. The van der Waals surface area contributed by atoms with Gasteiger partial charge in [0, 0.05) is 49.2 Å². The molecule has 2 aromatic rings. The van der Waals surface area contributed by atoms with Crippen LogP contribution in [0, 0.1) is 11.8 Å². The minimum absolute atomic E-state index is 0.0814. The lowest BCUT2D eigenvalue weighted by Crippen LogP contribution is -2.41. The molecule has 3 fully saturated rings. The van der Waals surface area contributed by atoms with Gasteiger partial charge in [-0.15, -0.1) is 0 Å². The van der Waals surface area contributed by atoms with Crippen molar-refractivity contribution in [2.45, 2.75) is 70.6 Å². The standard InChI is InChI=1S/C29H41ClN6S/c1-21-16-22(2)19-36(18-21)26-17-25(35-14-6-3-7-15-35)32-27(33-26)34-28(37)31-20-29(12-4-5-13-29)23-8-10-24(30)11-9-23/h8-11,17,21-22H,3-7,12-16,18-20H2,1-2H3,(H2,31,32,33,34,37)/t21-,22-/m0/s1. The maximum atomic E-state index is 6.17. The third-order valence-electron chi connectivity index (χ3n) is 8.40. The fourth-order valence-corrected chi connectivity index (χ4v) is 6.88. The van der Waals surface area contributed by atoms with Crippen molar-refractivity contribution in [2.24, 2.45) is 11.8 Å². The van der Waals surface area contributed by atoms with Crippen molar-refractivity contribution >= 4 is 46.5 Å². The summed E-state index contributed by atoms with van der Waals surface area (Å²) >= 11 is 11.9. The number of thiocarbonyl (C=S) groups is 1. The number of piperidine rings is 2. The number of benzene rings is 1. The van der Waals surface area contributed by atoms with Gasteiger partial charge in [0.25, 0.3) is 0 Å². The van der Waals surface area contributed by atoms with Crippen molar-refractivity contribution in [3.8, 4) is 0 Å². The van der Waals surface area contributed by atoms with E-state index in [2.05, 4.69) is 52.5 Å². The molecule has 200 valence electrons. The van der Waals surface area contributed by atoms with E-state index in [9.17, 15) is 0 Å². The zero-order valence-electron chi connectivity index (χ0n) is 22.3. The van der Waals surface area contributed by atoms with Gasteiger partial charge in [-0.25, -0.2) is 0 Å². The van der Waals surface area contributed by atoms with E-state index in [4.69, 9.17) is 33.8 Å². The molecule has 2 saturated heterocycles. The summed E-state index contributed by atoms with van der Waals surface area (Å²) in [5.41, 5.74) is 1.42. The summed E-state index contributed by atoms with van der Waals surface area (Å²) in [5.74, 6) is 3.92. The Balaban J connectivity index is 1.32. The smallest absolute Gasteiger partial charge is 0.232 e. The highest BCUT2D eigenvalue weighted by molar-refractivity contribution is 7.80. The fraction of sp³-hybridized carbons (Fsp3) is 0.621. The van der Waals surface area contributed by atoms with Gasteiger partial charge in [-0.05, 0) is 80.3 Å². The van der Waals surface area contributed by atoms with Gasteiger partial charge in [0.1, 0.15) is 11.6 Å². The minimum Gasteiger partial charge on any atom is -0.361 e. The molecular weight excluding hydrogens is 500 g/mol. The zero-order chi connectivity index (χ0) is 25.8. The highest BCUT2D eigenvalue weighted by atomic mass is 35.5. The molecular formula is C29H41ClN6S. The van der Waals surface area contributed by atoms with Crippen LogP contribution in [0.5, 0.6) is 0 Å². The van der Waals surface area contributed by atoms with E-state index < -0.39 is 0 Å². The average molecular weight is 541 g/mol. The first-order valence-electron chi connectivity index (χ1n) is 14.1. The van der Waals surface area contributed by atoms with Crippen molar-refractivity contribution < 1.29 is 0 Å². The second-order valence-electron chi connectivity index (χ2n) is 11.6. The molecule has 0 amide bonds. The second-order valence-corrected chi connectivity index (χ2v) is 12.5. The average Bonchev–Trinajstić information content (AvgIpc) is 3.38. The summed E-state index contributed by atoms with van der Waals surface area (Å²) in [6.45, 7) is 9.64. The van der Waals surface area contributed by atoms with E-state index >= 15 is 0 Å². The van der Waals surface area contributed by atoms with E-state index in [1.165, 1.54) is 44.1 Å². The number of aromatic nitrogens is 2. The molecule has 0 radical (unpaired) electrons. The van der Waals surface area contributed by atoms with E-state index in [1.54, 1.807) is 0 Å². The molecule has 2 N–H and O–H groups in total. The third kappa shape index (κ3) is 6.48. The third-order valence-corrected chi connectivity index (χ3v) is 8.90. The molecule has 0 unspecified atom stereocenters. The van der Waals surface area contributed by atoms with Crippen molar-refractivity contribution in [3.63, 3.8) is 0 Å². The number of hydrogen-bond donors (Lipinski definition) is 2. The molecule has 1 saturated carbocycles. The van der Waals surface area contributed by atoms with E-state index in [1.807, 2.05) is 12.1 Å². The normalized spacial score (nSPS) is 23.6.